The quantitative estimate of drug-likeness (QED) is 0.567. The van der Waals surface area contributed by atoms with Crippen LogP contribution in [-0.2, 0) is 23.1 Å². The second-order valence-electron chi connectivity index (χ2n) is 7.90. The molecule has 8 heteroatoms. The third-order valence-corrected chi connectivity index (χ3v) is 6.12. The van der Waals surface area contributed by atoms with Crippen molar-refractivity contribution in [3.63, 3.8) is 0 Å². The van der Waals surface area contributed by atoms with Gasteiger partial charge in [-0.1, -0.05) is 77.0 Å². The SMILES string of the molecule is NCCOP(=O)(O)OC[C@H]1COCCCCCCCCCCCCCCCCO1. The molecule has 0 spiro atoms. The number of phosphoric acid groups is 1. The van der Waals surface area contributed by atoms with Crippen LogP contribution in [0.3, 0.4) is 0 Å². The van der Waals surface area contributed by atoms with Crippen LogP contribution >= 0.6 is 7.82 Å². The number of rotatable bonds is 6. The fourth-order valence-electron chi connectivity index (χ4n) is 3.42. The van der Waals surface area contributed by atoms with Crippen molar-refractivity contribution in [2.45, 2.75) is 96.0 Å². The molecule has 0 aromatic heterocycles. The Balaban J connectivity index is 2.35. The lowest BCUT2D eigenvalue weighted by Gasteiger charge is -2.20. The average Bonchev–Trinajstić information content (AvgIpc) is 2.70. The molecule has 7 nitrogen and oxygen atoms in total. The smallest absolute Gasteiger partial charge is 0.379 e. The van der Waals surface area contributed by atoms with Gasteiger partial charge in [0.1, 0.15) is 6.10 Å². The number of hydrogen-bond acceptors (Lipinski definition) is 6. The Labute approximate surface area is 177 Å². The first kappa shape index (κ1) is 27.0. The van der Waals surface area contributed by atoms with Gasteiger partial charge in [0, 0.05) is 19.8 Å². The predicted octanol–water partition coefficient (Wildman–Crippen LogP) is 4.96. The van der Waals surface area contributed by atoms with Gasteiger partial charge in [-0.3, -0.25) is 9.05 Å². The summed E-state index contributed by atoms with van der Waals surface area (Å²) in [5, 5.41) is 0. The Morgan fingerprint density at radius 2 is 1.28 bits per heavy atom. The van der Waals surface area contributed by atoms with Crippen LogP contribution in [0.5, 0.6) is 0 Å². The van der Waals surface area contributed by atoms with Crippen molar-refractivity contribution in [2.24, 2.45) is 5.73 Å². The summed E-state index contributed by atoms with van der Waals surface area (Å²) in [5.41, 5.74) is 5.29. The molecular formula is C21H44NO6P. The molecule has 3 N–H and O–H groups in total. The molecule has 2 atom stereocenters. The second kappa shape index (κ2) is 18.7. The number of ether oxygens (including phenoxy) is 2. The summed E-state index contributed by atoms with van der Waals surface area (Å²) in [5.74, 6) is 0. The average molecular weight is 438 g/mol. The molecule has 0 aliphatic carbocycles. The first-order valence-corrected chi connectivity index (χ1v) is 13.1. The van der Waals surface area contributed by atoms with Crippen molar-refractivity contribution in [1.29, 1.82) is 0 Å². The van der Waals surface area contributed by atoms with E-state index in [9.17, 15) is 9.46 Å². The zero-order valence-corrected chi connectivity index (χ0v) is 19.1. The van der Waals surface area contributed by atoms with Crippen molar-refractivity contribution in [3.05, 3.63) is 0 Å². The summed E-state index contributed by atoms with van der Waals surface area (Å²) < 4.78 is 33.3. The van der Waals surface area contributed by atoms with Crippen LogP contribution in [0.15, 0.2) is 0 Å². The molecule has 1 saturated heterocycles. The van der Waals surface area contributed by atoms with Gasteiger partial charge in [-0.25, -0.2) is 4.57 Å². The lowest BCUT2D eigenvalue weighted by atomic mass is 10.0. The van der Waals surface area contributed by atoms with Gasteiger partial charge < -0.3 is 20.1 Å². The summed E-state index contributed by atoms with van der Waals surface area (Å²) in [6.07, 6.45) is 17.3. The lowest BCUT2D eigenvalue weighted by molar-refractivity contribution is -0.0443. The maximum absolute atomic E-state index is 11.8. The molecule has 174 valence electrons. The minimum absolute atomic E-state index is 0.0181. The molecule has 1 heterocycles. The molecule has 0 aromatic rings. The number of nitrogens with two attached hydrogens (primary N) is 1. The Hall–Kier alpha value is -0.0100. The summed E-state index contributed by atoms with van der Waals surface area (Å²) in [7, 11) is -4.09. The molecule has 0 amide bonds. The zero-order valence-electron chi connectivity index (χ0n) is 18.2. The van der Waals surface area contributed by atoms with E-state index < -0.39 is 7.82 Å². The molecule has 1 aliphatic rings. The van der Waals surface area contributed by atoms with Crippen molar-refractivity contribution in [3.8, 4) is 0 Å². The Morgan fingerprint density at radius 1 is 0.793 bits per heavy atom. The summed E-state index contributed by atoms with van der Waals surface area (Å²) in [6.45, 7) is 1.76. The van der Waals surface area contributed by atoms with Gasteiger partial charge in [0.05, 0.1) is 19.8 Å². The summed E-state index contributed by atoms with van der Waals surface area (Å²) in [6, 6.07) is 0. The Kier molecular flexibility index (Phi) is 17.5. The highest BCUT2D eigenvalue weighted by Gasteiger charge is 2.23. The van der Waals surface area contributed by atoms with E-state index in [0.717, 1.165) is 19.3 Å². The normalized spacial score (nSPS) is 25.1. The maximum Gasteiger partial charge on any atom is 0.472 e. The molecule has 1 aliphatic heterocycles. The van der Waals surface area contributed by atoms with E-state index in [2.05, 4.69) is 0 Å². The van der Waals surface area contributed by atoms with Crippen LogP contribution in [0.1, 0.15) is 89.9 Å². The van der Waals surface area contributed by atoms with E-state index in [1.807, 2.05) is 0 Å². The first-order chi connectivity index (χ1) is 14.1. The molecule has 1 rings (SSSR count). The molecule has 0 bridgehead atoms. The first-order valence-electron chi connectivity index (χ1n) is 11.7. The zero-order chi connectivity index (χ0) is 21.0. The van der Waals surface area contributed by atoms with Crippen molar-refractivity contribution < 1.29 is 28.0 Å². The minimum atomic E-state index is -4.09. The van der Waals surface area contributed by atoms with Crippen molar-refractivity contribution >= 4 is 7.82 Å². The highest BCUT2D eigenvalue weighted by Crippen LogP contribution is 2.43. The van der Waals surface area contributed by atoms with Gasteiger partial charge in [-0.05, 0) is 12.8 Å². The predicted molar refractivity (Wildman–Crippen MR) is 116 cm³/mol. The van der Waals surface area contributed by atoms with Crippen LogP contribution in [0, 0.1) is 0 Å². The Morgan fingerprint density at radius 3 is 1.79 bits per heavy atom. The van der Waals surface area contributed by atoms with Crippen LogP contribution in [0.25, 0.3) is 0 Å². The van der Waals surface area contributed by atoms with Gasteiger partial charge in [0.15, 0.2) is 0 Å². The molecule has 1 unspecified atom stereocenters. The van der Waals surface area contributed by atoms with Crippen molar-refractivity contribution in [1.82, 2.24) is 0 Å². The standard InChI is InChI=1S/C21H44NO6P/c22-15-18-27-29(23,24)28-20-21-19-25-16-13-11-9-7-5-3-1-2-4-6-8-10-12-14-17-26-21/h21H,1-20,22H2,(H,23,24)/t21-/m1/s1. The monoisotopic (exact) mass is 437 g/mol. The van der Waals surface area contributed by atoms with E-state index in [0.29, 0.717) is 19.8 Å². The largest absolute Gasteiger partial charge is 0.472 e. The summed E-state index contributed by atoms with van der Waals surface area (Å²) >= 11 is 0. The van der Waals surface area contributed by atoms with Crippen molar-refractivity contribution in [2.75, 3.05) is 39.6 Å². The maximum atomic E-state index is 11.8. The fourth-order valence-corrected chi connectivity index (χ4v) is 4.18. The molecule has 0 saturated carbocycles. The Bertz CT molecular complexity index is 393. The van der Waals surface area contributed by atoms with Gasteiger partial charge in [0.2, 0.25) is 0 Å². The van der Waals surface area contributed by atoms with Crippen LogP contribution in [0.2, 0.25) is 0 Å². The molecule has 1 fully saturated rings. The van der Waals surface area contributed by atoms with E-state index in [4.69, 9.17) is 24.3 Å². The van der Waals surface area contributed by atoms with E-state index in [1.54, 1.807) is 0 Å². The van der Waals surface area contributed by atoms with Gasteiger partial charge in [-0.15, -0.1) is 0 Å². The third kappa shape index (κ3) is 17.4. The molecule has 0 aromatic carbocycles. The van der Waals surface area contributed by atoms with E-state index in [-0.39, 0.29) is 25.9 Å². The van der Waals surface area contributed by atoms with Gasteiger partial charge >= 0.3 is 7.82 Å². The van der Waals surface area contributed by atoms with E-state index in [1.165, 1.54) is 70.6 Å². The highest BCUT2D eigenvalue weighted by atomic mass is 31.2. The van der Waals surface area contributed by atoms with Crippen LogP contribution in [-0.4, -0.2) is 50.6 Å². The molecule has 29 heavy (non-hydrogen) atoms. The minimum Gasteiger partial charge on any atom is -0.379 e. The lowest BCUT2D eigenvalue weighted by Crippen LogP contribution is -2.26. The van der Waals surface area contributed by atoms with E-state index >= 15 is 0 Å². The fraction of sp³-hybridized carbons (Fsp3) is 1.00. The van der Waals surface area contributed by atoms with Crippen LogP contribution < -0.4 is 5.73 Å². The third-order valence-electron chi connectivity index (χ3n) is 5.14. The molecule has 0 radical (unpaired) electrons. The number of hydrogen-bond donors (Lipinski definition) is 2. The van der Waals surface area contributed by atoms with Crippen LogP contribution in [0.4, 0.5) is 0 Å². The topological polar surface area (TPSA) is 100 Å². The molecular weight excluding hydrogens is 393 g/mol. The van der Waals surface area contributed by atoms with Gasteiger partial charge in [-0.2, -0.15) is 0 Å². The number of phosphoric ester groups is 1. The second-order valence-corrected chi connectivity index (χ2v) is 9.36. The highest BCUT2D eigenvalue weighted by molar-refractivity contribution is 7.47. The summed E-state index contributed by atoms with van der Waals surface area (Å²) in [4.78, 5) is 9.66. The van der Waals surface area contributed by atoms with Gasteiger partial charge in [0.25, 0.3) is 0 Å².